The van der Waals surface area contributed by atoms with Crippen molar-refractivity contribution in [2.75, 3.05) is 0 Å². The first-order chi connectivity index (χ1) is 9.16. The molecule has 2 atom stereocenters. The molecule has 0 bridgehead atoms. The number of hydrogen-bond donors (Lipinski definition) is 0. The lowest BCUT2D eigenvalue weighted by Gasteiger charge is -2.33. The Morgan fingerprint density at radius 1 is 1.11 bits per heavy atom. The van der Waals surface area contributed by atoms with E-state index in [1.807, 2.05) is 0 Å². The van der Waals surface area contributed by atoms with Crippen LogP contribution < -0.4 is 0 Å². The largest absolute Gasteiger partial charge is 0.0705 e. The predicted octanol–water partition coefficient (Wildman–Crippen LogP) is 5.59. The van der Waals surface area contributed by atoms with Gasteiger partial charge in [-0.25, -0.2) is 0 Å². The van der Waals surface area contributed by atoms with Gasteiger partial charge in [-0.3, -0.25) is 0 Å². The van der Waals surface area contributed by atoms with Gasteiger partial charge in [-0.15, -0.1) is 0 Å². The standard InChI is InChI=1S/C18H21I/c1-18(2)16(11-12-19)14-9-6-10-15(14)17(18)13-7-4-3-5-8-13/h3-5,7-8,11-12,14-15H,6,9-10H2,1-2H3/b12-11+. The smallest absolute Gasteiger partial charge is 0.0149 e. The first-order valence-corrected chi connectivity index (χ1v) is 8.47. The Morgan fingerprint density at radius 2 is 1.79 bits per heavy atom. The summed E-state index contributed by atoms with van der Waals surface area (Å²) in [7, 11) is 0. The lowest BCUT2D eigenvalue weighted by molar-refractivity contribution is 0.441. The molecule has 2 saturated carbocycles. The Balaban J connectivity index is 2.03. The molecule has 100 valence electrons. The van der Waals surface area contributed by atoms with E-state index in [2.05, 4.69) is 76.9 Å². The second-order valence-corrected chi connectivity index (χ2v) is 7.02. The highest BCUT2D eigenvalue weighted by Gasteiger charge is 2.56. The Morgan fingerprint density at radius 3 is 2.47 bits per heavy atom. The lowest BCUT2D eigenvalue weighted by atomic mass is 9.70. The molecule has 1 aromatic carbocycles. The highest BCUT2D eigenvalue weighted by Crippen LogP contribution is 2.64. The van der Waals surface area contributed by atoms with Gasteiger partial charge in [0.05, 0.1) is 0 Å². The van der Waals surface area contributed by atoms with E-state index in [9.17, 15) is 0 Å². The number of rotatable bonds is 2. The van der Waals surface area contributed by atoms with Gasteiger partial charge in [-0.05, 0) is 39.7 Å². The van der Waals surface area contributed by atoms with Crippen molar-refractivity contribution >= 4 is 22.6 Å². The maximum atomic E-state index is 2.42. The van der Waals surface area contributed by atoms with Gasteiger partial charge in [0.25, 0.3) is 0 Å². The third kappa shape index (κ3) is 2.18. The Kier molecular flexibility index (Phi) is 3.76. The van der Waals surface area contributed by atoms with E-state index in [-0.39, 0.29) is 5.41 Å². The molecule has 1 aromatic rings. The highest BCUT2D eigenvalue weighted by atomic mass is 127. The zero-order valence-electron chi connectivity index (χ0n) is 11.7. The van der Waals surface area contributed by atoms with Crippen LogP contribution in [0.2, 0.25) is 0 Å². The van der Waals surface area contributed by atoms with E-state index in [1.165, 1.54) is 24.8 Å². The van der Waals surface area contributed by atoms with Crippen LogP contribution in [0.15, 0.2) is 40.5 Å². The molecule has 0 N–H and O–H groups in total. The van der Waals surface area contributed by atoms with E-state index in [0.29, 0.717) is 0 Å². The molecule has 19 heavy (non-hydrogen) atoms. The number of halogens is 1. The summed E-state index contributed by atoms with van der Waals surface area (Å²) in [6, 6.07) is 11.1. The van der Waals surface area contributed by atoms with Gasteiger partial charge in [0, 0.05) is 11.8 Å². The van der Waals surface area contributed by atoms with E-state index in [0.717, 1.165) is 11.8 Å². The van der Waals surface area contributed by atoms with Crippen molar-refractivity contribution < 1.29 is 0 Å². The summed E-state index contributed by atoms with van der Waals surface area (Å²) in [5.74, 6) is 4.90. The highest BCUT2D eigenvalue weighted by molar-refractivity contribution is 14.1. The first-order valence-electron chi connectivity index (χ1n) is 7.23. The molecule has 2 aliphatic rings. The van der Waals surface area contributed by atoms with Crippen molar-refractivity contribution in [2.45, 2.75) is 33.1 Å². The normalized spacial score (nSPS) is 31.1. The van der Waals surface area contributed by atoms with Crippen LogP contribution in [0.25, 0.3) is 0 Å². The Bertz CT molecular complexity index is 460. The maximum Gasteiger partial charge on any atom is 0.0149 e. The summed E-state index contributed by atoms with van der Waals surface area (Å²) in [6.45, 7) is 4.83. The van der Waals surface area contributed by atoms with Crippen molar-refractivity contribution in [1.82, 2.24) is 0 Å². The summed E-state index contributed by atoms with van der Waals surface area (Å²) >= 11 is 2.36. The van der Waals surface area contributed by atoms with Crippen molar-refractivity contribution in [1.29, 1.82) is 0 Å². The average Bonchev–Trinajstić information content (AvgIpc) is 2.92. The van der Waals surface area contributed by atoms with E-state index in [4.69, 9.17) is 0 Å². The summed E-state index contributed by atoms with van der Waals surface area (Å²) in [5.41, 5.74) is 1.68. The molecule has 0 aromatic heterocycles. The fourth-order valence-corrected chi connectivity index (χ4v) is 4.74. The summed E-state index contributed by atoms with van der Waals surface area (Å²) < 4.78 is 2.19. The molecular weight excluding hydrogens is 343 g/mol. The van der Waals surface area contributed by atoms with Crippen LogP contribution in [0.4, 0.5) is 0 Å². The maximum absolute atomic E-state index is 2.42. The van der Waals surface area contributed by atoms with Gasteiger partial charge in [0.15, 0.2) is 0 Å². The topological polar surface area (TPSA) is 0 Å². The fraction of sp³-hybridized carbons (Fsp3) is 0.444. The monoisotopic (exact) mass is 364 g/mol. The number of benzene rings is 1. The van der Waals surface area contributed by atoms with Crippen LogP contribution in [-0.2, 0) is 0 Å². The molecule has 0 saturated heterocycles. The van der Waals surface area contributed by atoms with Gasteiger partial charge >= 0.3 is 0 Å². The third-order valence-electron chi connectivity index (χ3n) is 5.01. The molecule has 2 radical (unpaired) electrons. The van der Waals surface area contributed by atoms with Gasteiger partial charge < -0.3 is 0 Å². The van der Waals surface area contributed by atoms with Crippen molar-refractivity contribution in [3.8, 4) is 0 Å². The minimum Gasteiger partial charge on any atom is -0.0705 e. The fourth-order valence-electron chi connectivity index (χ4n) is 4.35. The van der Waals surface area contributed by atoms with Gasteiger partial charge in [-0.1, -0.05) is 79.3 Å². The van der Waals surface area contributed by atoms with Crippen molar-refractivity contribution in [3.05, 3.63) is 57.9 Å². The second kappa shape index (κ2) is 5.23. The van der Waals surface area contributed by atoms with Crippen LogP contribution in [0.5, 0.6) is 0 Å². The minimum atomic E-state index is 0.221. The summed E-state index contributed by atoms with van der Waals surface area (Å²) in [4.78, 5) is 0. The second-order valence-electron chi connectivity index (χ2n) is 6.30. The van der Waals surface area contributed by atoms with Crippen LogP contribution in [0.1, 0.15) is 38.7 Å². The zero-order chi connectivity index (χ0) is 13.5. The molecule has 2 aliphatic carbocycles. The molecule has 2 unspecified atom stereocenters. The molecule has 3 rings (SSSR count). The number of hydrogen-bond acceptors (Lipinski definition) is 0. The van der Waals surface area contributed by atoms with E-state index < -0.39 is 0 Å². The first kappa shape index (κ1) is 13.7. The van der Waals surface area contributed by atoms with Crippen LogP contribution in [0, 0.1) is 29.1 Å². The SMILES string of the molecule is CC1(C)[C](/C=C/I)C2CCCC2[C]1c1ccccc1. The molecule has 0 aliphatic heterocycles. The molecule has 2 fully saturated rings. The quantitative estimate of drug-likeness (QED) is 0.601. The third-order valence-corrected chi connectivity index (χ3v) is 5.37. The van der Waals surface area contributed by atoms with Crippen LogP contribution >= 0.6 is 22.6 Å². The summed E-state index contributed by atoms with van der Waals surface area (Å²) in [6.07, 6.45) is 6.51. The van der Waals surface area contributed by atoms with Gasteiger partial charge in [-0.2, -0.15) is 0 Å². The van der Waals surface area contributed by atoms with Crippen LogP contribution in [0.3, 0.4) is 0 Å². The van der Waals surface area contributed by atoms with Crippen molar-refractivity contribution in [2.24, 2.45) is 17.3 Å². The molecule has 1 heteroatoms. The van der Waals surface area contributed by atoms with E-state index >= 15 is 0 Å². The average molecular weight is 364 g/mol. The molecule has 0 nitrogen and oxygen atoms in total. The van der Waals surface area contributed by atoms with Crippen LogP contribution in [-0.4, -0.2) is 0 Å². The molecular formula is C18H21I. The molecule has 0 heterocycles. The zero-order valence-corrected chi connectivity index (χ0v) is 13.9. The van der Waals surface area contributed by atoms with Gasteiger partial charge in [0.1, 0.15) is 0 Å². The number of allylic oxidation sites excluding steroid dienone is 1. The number of fused-ring (bicyclic) bond motifs is 1. The molecule has 0 spiro atoms. The Labute approximate surface area is 130 Å². The summed E-state index contributed by atoms with van der Waals surface area (Å²) in [5, 5.41) is 0. The predicted molar refractivity (Wildman–Crippen MR) is 89.8 cm³/mol. The minimum absolute atomic E-state index is 0.221. The molecule has 0 amide bonds. The van der Waals surface area contributed by atoms with Crippen molar-refractivity contribution in [3.63, 3.8) is 0 Å². The van der Waals surface area contributed by atoms with E-state index in [1.54, 1.807) is 11.8 Å². The van der Waals surface area contributed by atoms with Gasteiger partial charge in [0.2, 0.25) is 0 Å². The Hall–Kier alpha value is -0.310. The lowest BCUT2D eigenvalue weighted by Crippen LogP contribution is -2.25.